The number of hydrogen-bond donors (Lipinski definition) is 0. The van der Waals surface area contributed by atoms with E-state index in [9.17, 15) is 0 Å². The van der Waals surface area contributed by atoms with Gasteiger partial charge in [0.25, 0.3) is 0 Å². The van der Waals surface area contributed by atoms with Crippen molar-refractivity contribution < 1.29 is 0 Å². The first-order valence-corrected chi connectivity index (χ1v) is 14.1. The van der Waals surface area contributed by atoms with E-state index in [0.29, 0.717) is 10.0 Å². The van der Waals surface area contributed by atoms with Gasteiger partial charge in [0, 0.05) is 33.6 Å². The van der Waals surface area contributed by atoms with Crippen molar-refractivity contribution in [3.8, 4) is 31.6 Å². The van der Waals surface area contributed by atoms with Crippen LogP contribution >= 0.6 is 45.3 Å². The number of thiophene rings is 4. The van der Waals surface area contributed by atoms with Gasteiger partial charge in [0.2, 0.25) is 10.0 Å². The number of fused-ring (bicyclic) bond motifs is 5. The number of hydrogen-bond acceptors (Lipinski definition) is 8. The molecule has 0 saturated heterocycles. The molecule has 0 saturated carbocycles. The molecule has 0 aliphatic rings. The summed E-state index contributed by atoms with van der Waals surface area (Å²) < 4.78 is 6.90. The molecular formula is C26H12N8S4. The zero-order chi connectivity index (χ0) is 26.6. The minimum absolute atomic E-state index is 0.165. The predicted octanol–water partition coefficient (Wildman–Crippen LogP) is 8.35. The topological polar surface area (TPSA) is 90.9 Å². The number of aromatic nitrogens is 2. The van der Waals surface area contributed by atoms with E-state index in [1.165, 1.54) is 43.1 Å². The Morgan fingerprint density at radius 2 is 1.13 bits per heavy atom. The highest BCUT2D eigenvalue weighted by Gasteiger charge is 2.23. The van der Waals surface area contributed by atoms with E-state index < -0.39 is 0 Å². The van der Waals surface area contributed by atoms with Gasteiger partial charge >= 0.3 is 11.7 Å². The van der Waals surface area contributed by atoms with Crippen LogP contribution < -0.4 is 0 Å². The van der Waals surface area contributed by atoms with Gasteiger partial charge in [-0.2, -0.15) is 0 Å². The van der Waals surface area contributed by atoms with Gasteiger partial charge in [0.05, 0.1) is 31.5 Å². The summed E-state index contributed by atoms with van der Waals surface area (Å²) in [4.78, 5) is 18.9. The summed E-state index contributed by atoms with van der Waals surface area (Å²) in [7, 11) is 4.18. The van der Waals surface area contributed by atoms with Crippen LogP contribution in [-0.2, 0) is 14.1 Å². The summed E-state index contributed by atoms with van der Waals surface area (Å²) in [6, 6.07) is 15.6. The zero-order valence-electron chi connectivity index (χ0n) is 19.7. The third-order valence-corrected chi connectivity index (χ3v) is 10.6. The average molecular weight is 565 g/mol. The lowest BCUT2D eigenvalue weighted by Gasteiger charge is -1.95. The molecule has 0 aromatic carbocycles. The lowest BCUT2D eigenvalue weighted by atomic mass is 10.3. The number of amidine groups is 2. The van der Waals surface area contributed by atoms with Crippen LogP contribution in [0.25, 0.3) is 60.7 Å². The molecule has 0 bridgehead atoms. The van der Waals surface area contributed by atoms with Crippen LogP contribution in [0, 0.1) is 35.8 Å². The fourth-order valence-corrected chi connectivity index (χ4v) is 8.78. The second-order valence-electron chi connectivity index (χ2n) is 8.06. The molecule has 0 atom stereocenters. The van der Waals surface area contributed by atoms with Gasteiger partial charge in [-0.05, 0) is 36.4 Å². The van der Waals surface area contributed by atoms with Gasteiger partial charge in [0.1, 0.15) is 12.1 Å². The van der Waals surface area contributed by atoms with Crippen molar-refractivity contribution in [2.75, 3.05) is 0 Å². The van der Waals surface area contributed by atoms with Gasteiger partial charge in [-0.15, -0.1) is 22.7 Å². The maximum Gasteiger partial charge on any atom is 0.350 e. The van der Waals surface area contributed by atoms with Crippen molar-refractivity contribution in [1.29, 1.82) is 10.5 Å². The molecule has 38 heavy (non-hydrogen) atoms. The van der Waals surface area contributed by atoms with Crippen LogP contribution in [0.1, 0.15) is 0 Å². The first-order chi connectivity index (χ1) is 18.4. The highest BCUT2D eigenvalue weighted by molar-refractivity contribution is 7.29. The number of nitriles is 2. The molecule has 0 radical (unpaired) electrons. The summed E-state index contributed by atoms with van der Waals surface area (Å²) in [6.07, 6.45) is 0. The van der Waals surface area contributed by atoms with E-state index in [2.05, 4.69) is 55.0 Å². The van der Waals surface area contributed by atoms with Crippen molar-refractivity contribution in [1.82, 2.24) is 9.13 Å². The van der Waals surface area contributed by atoms with Crippen LogP contribution in [0.4, 0.5) is 10.0 Å². The monoisotopic (exact) mass is 564 g/mol. The number of aryl methyl sites for hydroxylation is 2. The molecule has 6 aromatic heterocycles. The normalized spacial score (nSPS) is 12.2. The van der Waals surface area contributed by atoms with Crippen molar-refractivity contribution >= 4 is 98.5 Å². The summed E-state index contributed by atoms with van der Waals surface area (Å²) in [5.41, 5.74) is 4.67. The van der Waals surface area contributed by atoms with Gasteiger partial charge in [-0.3, -0.25) is 0 Å². The lowest BCUT2D eigenvalue weighted by molar-refractivity contribution is 1.01. The Kier molecular flexibility index (Phi) is 5.69. The van der Waals surface area contributed by atoms with Crippen LogP contribution in [0.3, 0.4) is 0 Å². The molecule has 8 nitrogen and oxygen atoms in total. The molecule has 6 rings (SSSR count). The lowest BCUT2D eigenvalue weighted by Crippen LogP contribution is -1.84. The van der Waals surface area contributed by atoms with Crippen LogP contribution in [0.2, 0.25) is 0 Å². The van der Waals surface area contributed by atoms with Gasteiger partial charge < -0.3 is 18.8 Å². The molecule has 0 N–H and O–H groups in total. The smallest absolute Gasteiger partial charge is 0.350 e. The van der Waals surface area contributed by atoms with Crippen LogP contribution in [0.15, 0.2) is 46.4 Å². The maximum atomic E-state index is 8.99. The largest absolute Gasteiger partial charge is 0.351 e. The quantitative estimate of drug-likeness (QED) is 0.122. The molecule has 6 heterocycles. The minimum atomic E-state index is -0.165. The van der Waals surface area contributed by atoms with E-state index in [1.54, 1.807) is 22.7 Å². The molecule has 6 aromatic rings. The summed E-state index contributed by atoms with van der Waals surface area (Å²) >= 11 is 6.39. The van der Waals surface area contributed by atoms with Crippen LogP contribution in [-0.4, -0.2) is 20.8 Å². The Hall–Kier alpha value is -4.56. The Balaban J connectivity index is 1.43. The molecular weight excluding hydrogens is 553 g/mol. The Labute approximate surface area is 232 Å². The van der Waals surface area contributed by atoms with Crippen molar-refractivity contribution in [2.45, 2.75) is 0 Å². The van der Waals surface area contributed by atoms with E-state index in [-0.39, 0.29) is 11.7 Å². The molecule has 0 aliphatic heterocycles. The Bertz CT molecular complexity index is 1970. The molecule has 0 aliphatic carbocycles. The van der Waals surface area contributed by atoms with Gasteiger partial charge in [0.15, 0.2) is 0 Å². The highest BCUT2D eigenvalue weighted by Crippen LogP contribution is 2.48. The second-order valence-corrected chi connectivity index (χ2v) is 12.3. The fraction of sp³-hybridized carbons (Fsp3) is 0.0769. The van der Waals surface area contributed by atoms with Crippen molar-refractivity contribution in [3.63, 3.8) is 0 Å². The molecule has 12 heteroatoms. The summed E-state index contributed by atoms with van der Waals surface area (Å²) in [5.74, 6) is -0.331. The third kappa shape index (κ3) is 3.64. The van der Waals surface area contributed by atoms with E-state index >= 15 is 0 Å². The van der Waals surface area contributed by atoms with E-state index in [1.807, 2.05) is 36.4 Å². The summed E-state index contributed by atoms with van der Waals surface area (Å²) in [5, 5.41) is 19.3. The summed E-state index contributed by atoms with van der Waals surface area (Å²) in [6.45, 7) is 14.1. The van der Waals surface area contributed by atoms with Gasteiger partial charge in [-0.25, -0.2) is 10.5 Å². The number of nitrogens with zero attached hydrogens (tertiary/aromatic N) is 8. The third-order valence-electron chi connectivity index (χ3n) is 5.99. The molecule has 180 valence electrons. The number of aliphatic imine (C=N–C) groups is 2. The van der Waals surface area contributed by atoms with E-state index in [4.69, 9.17) is 23.7 Å². The van der Waals surface area contributed by atoms with Crippen molar-refractivity contribution in [2.24, 2.45) is 24.1 Å². The van der Waals surface area contributed by atoms with Crippen LogP contribution in [0.5, 0.6) is 0 Å². The zero-order valence-corrected chi connectivity index (χ0v) is 22.9. The first kappa shape index (κ1) is 23.8. The fourth-order valence-electron chi connectivity index (χ4n) is 4.32. The molecule has 0 fully saturated rings. The average Bonchev–Trinajstić information content (AvgIpc) is 3.74. The molecule has 0 unspecified atom stereocenters. The Morgan fingerprint density at radius 1 is 0.711 bits per heavy atom. The molecule has 0 amide bonds. The second kappa shape index (κ2) is 9.08. The van der Waals surface area contributed by atoms with Gasteiger partial charge in [-0.1, -0.05) is 45.8 Å². The predicted molar refractivity (Wildman–Crippen MR) is 158 cm³/mol. The number of rotatable bonds is 4. The minimum Gasteiger partial charge on any atom is -0.351 e. The SMILES string of the molecule is [C-]#[N+]C(C#N)=Nc1ccc(-c2cc3c(s2)c2c(c4sc(-c5ccc(N=C(C#N)[N+]#[C-])s5)cc4n2C)n3C)s1. The van der Waals surface area contributed by atoms with E-state index in [0.717, 1.165) is 30.5 Å². The first-order valence-electron chi connectivity index (χ1n) is 10.9. The van der Waals surface area contributed by atoms with Crippen molar-refractivity contribution in [3.05, 3.63) is 59.2 Å². The maximum absolute atomic E-state index is 8.99. The Morgan fingerprint density at radius 3 is 1.50 bits per heavy atom. The molecule has 0 spiro atoms. The highest BCUT2D eigenvalue weighted by atomic mass is 32.1. The standard InChI is InChI=1S/C26H12N8S4/c1-29-19(11-27)31-21-7-5-15(35-21)17-9-13-25(37-17)23-24(33(13)3)26-14(34(23)4)10-18(38-26)16-6-8-22(36-16)32-20(12-28)30-2/h5-10H,3-4H3.